The summed E-state index contributed by atoms with van der Waals surface area (Å²) in [5.41, 5.74) is 0. The van der Waals surface area contributed by atoms with Gasteiger partial charge in [0.05, 0.1) is 14.2 Å². The molecule has 0 saturated carbocycles. The van der Waals surface area contributed by atoms with Crippen molar-refractivity contribution in [2.75, 3.05) is 20.8 Å². The van der Waals surface area contributed by atoms with Gasteiger partial charge < -0.3 is 14.2 Å². The summed E-state index contributed by atoms with van der Waals surface area (Å²) in [7, 11) is 2.58. The van der Waals surface area contributed by atoms with E-state index in [1.54, 1.807) is 12.1 Å². The van der Waals surface area contributed by atoms with Crippen LogP contribution in [0.15, 0.2) is 12.1 Å². The smallest absolute Gasteiger partial charge is 0.348 e. The van der Waals surface area contributed by atoms with Crippen LogP contribution in [0.2, 0.25) is 0 Å². The molecule has 1 heterocycles. The molecule has 6 heteroatoms. The highest BCUT2D eigenvalue weighted by molar-refractivity contribution is 7.15. The number of esters is 2. The normalized spacial score (nSPS) is 9.47. The number of methoxy groups -OCH3 is 2. The Kier molecular flexibility index (Phi) is 4.11. The van der Waals surface area contributed by atoms with Gasteiger partial charge in [0.25, 0.3) is 0 Å². The number of carbonyl (C=O) groups is 2. The number of carbonyl (C=O) groups excluding carboxylic acids is 2. The van der Waals surface area contributed by atoms with E-state index in [9.17, 15) is 9.59 Å². The van der Waals surface area contributed by atoms with Gasteiger partial charge in [-0.25, -0.2) is 9.59 Å². The molecule has 0 aliphatic heterocycles. The average molecular weight is 230 g/mol. The fourth-order valence-corrected chi connectivity index (χ4v) is 1.57. The molecule has 0 spiro atoms. The summed E-state index contributed by atoms with van der Waals surface area (Å²) in [6, 6.07) is 3.17. The fraction of sp³-hybridized carbons (Fsp3) is 0.333. The molecule has 0 fully saturated rings. The van der Waals surface area contributed by atoms with Crippen molar-refractivity contribution in [2.24, 2.45) is 0 Å². The predicted octanol–water partition coefficient (Wildman–Crippen LogP) is 1.09. The van der Waals surface area contributed by atoms with Crippen molar-refractivity contribution in [3.8, 4) is 5.06 Å². The maximum Gasteiger partial charge on any atom is 0.348 e. The molecule has 5 nitrogen and oxygen atoms in total. The van der Waals surface area contributed by atoms with E-state index in [1.165, 1.54) is 14.2 Å². The molecule has 0 radical (unpaired) electrons. The summed E-state index contributed by atoms with van der Waals surface area (Å²) < 4.78 is 14.0. The van der Waals surface area contributed by atoms with Crippen LogP contribution >= 0.6 is 11.3 Å². The fourth-order valence-electron chi connectivity index (χ4n) is 0.797. The van der Waals surface area contributed by atoms with Crippen LogP contribution in [0.25, 0.3) is 0 Å². The summed E-state index contributed by atoms with van der Waals surface area (Å²) >= 11 is 1.11. The third-order valence-corrected chi connectivity index (χ3v) is 2.51. The molecule has 0 atom stereocenters. The average Bonchev–Trinajstić information content (AvgIpc) is 2.73. The molecule has 0 aromatic carbocycles. The first kappa shape index (κ1) is 11.5. The Bertz CT molecular complexity index is 357. The molecule has 0 amide bonds. The topological polar surface area (TPSA) is 61.8 Å². The second-order valence-corrected chi connectivity index (χ2v) is 3.52. The Hall–Kier alpha value is -1.56. The first-order chi connectivity index (χ1) is 7.17. The van der Waals surface area contributed by atoms with Gasteiger partial charge in [-0.3, -0.25) is 0 Å². The maximum absolute atomic E-state index is 11.1. The molecule has 0 unspecified atom stereocenters. The van der Waals surface area contributed by atoms with Crippen molar-refractivity contribution < 1.29 is 23.8 Å². The summed E-state index contributed by atoms with van der Waals surface area (Å²) in [6.07, 6.45) is 0. The van der Waals surface area contributed by atoms with Crippen LogP contribution in [0.5, 0.6) is 5.06 Å². The maximum atomic E-state index is 11.1. The highest BCUT2D eigenvalue weighted by Gasteiger charge is 2.10. The molecule has 0 saturated heterocycles. The third kappa shape index (κ3) is 3.25. The lowest BCUT2D eigenvalue weighted by atomic mass is 10.5. The summed E-state index contributed by atoms with van der Waals surface area (Å²) in [5.74, 6) is -0.893. The molecule has 15 heavy (non-hydrogen) atoms. The van der Waals surface area contributed by atoms with Crippen molar-refractivity contribution in [2.45, 2.75) is 0 Å². The molecule has 0 aliphatic carbocycles. The van der Waals surface area contributed by atoms with E-state index in [1.807, 2.05) is 0 Å². The molecule has 0 N–H and O–H groups in total. The Morgan fingerprint density at radius 1 is 1.27 bits per heavy atom. The molecular weight excluding hydrogens is 220 g/mol. The standard InChI is InChI=1S/C9H10O5S/c1-12-7(10)5-14-8-4-3-6(15-8)9(11)13-2/h3-4H,5H2,1-2H3. The zero-order valence-corrected chi connectivity index (χ0v) is 9.13. The molecule has 0 bridgehead atoms. The van der Waals surface area contributed by atoms with E-state index in [2.05, 4.69) is 9.47 Å². The third-order valence-electron chi connectivity index (χ3n) is 1.53. The quantitative estimate of drug-likeness (QED) is 0.724. The number of rotatable bonds is 4. The van der Waals surface area contributed by atoms with Crippen LogP contribution in [0.3, 0.4) is 0 Å². The Morgan fingerprint density at radius 3 is 2.60 bits per heavy atom. The Morgan fingerprint density at radius 2 is 2.00 bits per heavy atom. The largest absolute Gasteiger partial charge is 0.472 e. The predicted molar refractivity (Wildman–Crippen MR) is 53.2 cm³/mol. The first-order valence-electron chi connectivity index (χ1n) is 4.05. The van der Waals surface area contributed by atoms with Crippen molar-refractivity contribution in [3.63, 3.8) is 0 Å². The van der Waals surface area contributed by atoms with Crippen molar-refractivity contribution in [1.82, 2.24) is 0 Å². The lowest BCUT2D eigenvalue weighted by Crippen LogP contribution is -2.11. The van der Waals surface area contributed by atoms with Crippen molar-refractivity contribution in [3.05, 3.63) is 17.0 Å². The van der Waals surface area contributed by atoms with E-state index in [4.69, 9.17) is 4.74 Å². The van der Waals surface area contributed by atoms with Gasteiger partial charge >= 0.3 is 11.9 Å². The van der Waals surface area contributed by atoms with Crippen LogP contribution in [0, 0.1) is 0 Å². The summed E-state index contributed by atoms with van der Waals surface area (Å²) in [5, 5.41) is 0.473. The van der Waals surface area contributed by atoms with Gasteiger partial charge in [-0.15, -0.1) is 0 Å². The van der Waals surface area contributed by atoms with Crippen molar-refractivity contribution >= 4 is 23.3 Å². The van der Waals surface area contributed by atoms with Gasteiger partial charge in [0.15, 0.2) is 11.7 Å². The van der Waals surface area contributed by atoms with Gasteiger partial charge in [0.1, 0.15) is 4.88 Å². The van der Waals surface area contributed by atoms with Crippen LogP contribution in [0.4, 0.5) is 0 Å². The zero-order valence-electron chi connectivity index (χ0n) is 8.31. The molecule has 82 valence electrons. The van der Waals surface area contributed by atoms with Gasteiger partial charge in [-0.05, 0) is 12.1 Å². The van der Waals surface area contributed by atoms with Gasteiger partial charge in [0.2, 0.25) is 0 Å². The molecule has 1 aromatic rings. The monoisotopic (exact) mass is 230 g/mol. The van der Waals surface area contributed by atoms with Crippen LogP contribution in [-0.4, -0.2) is 32.8 Å². The molecule has 1 aromatic heterocycles. The minimum atomic E-state index is -0.469. The molecular formula is C9H10O5S. The van der Waals surface area contributed by atoms with E-state index in [-0.39, 0.29) is 6.61 Å². The van der Waals surface area contributed by atoms with E-state index < -0.39 is 11.9 Å². The number of hydrogen-bond acceptors (Lipinski definition) is 6. The molecule has 0 aliphatic rings. The summed E-state index contributed by atoms with van der Waals surface area (Å²) in [6.45, 7) is -0.169. The van der Waals surface area contributed by atoms with E-state index in [0.29, 0.717) is 9.94 Å². The molecule has 1 rings (SSSR count). The van der Waals surface area contributed by atoms with Gasteiger partial charge in [-0.1, -0.05) is 11.3 Å². The van der Waals surface area contributed by atoms with Gasteiger partial charge in [0, 0.05) is 0 Å². The number of thiophene rings is 1. The second-order valence-electron chi connectivity index (χ2n) is 2.48. The lowest BCUT2D eigenvalue weighted by Gasteiger charge is -2.00. The van der Waals surface area contributed by atoms with E-state index >= 15 is 0 Å². The van der Waals surface area contributed by atoms with E-state index in [0.717, 1.165) is 11.3 Å². The SMILES string of the molecule is COC(=O)COc1ccc(C(=O)OC)s1. The highest BCUT2D eigenvalue weighted by Crippen LogP contribution is 2.24. The Balaban J connectivity index is 2.53. The second kappa shape index (κ2) is 5.35. The van der Waals surface area contributed by atoms with Gasteiger partial charge in [-0.2, -0.15) is 0 Å². The number of ether oxygens (including phenoxy) is 3. The zero-order chi connectivity index (χ0) is 11.3. The first-order valence-corrected chi connectivity index (χ1v) is 4.86. The number of hydrogen-bond donors (Lipinski definition) is 0. The van der Waals surface area contributed by atoms with Crippen LogP contribution in [0.1, 0.15) is 9.67 Å². The van der Waals surface area contributed by atoms with Crippen LogP contribution < -0.4 is 4.74 Å². The minimum Gasteiger partial charge on any atom is -0.472 e. The Labute approximate surface area is 90.6 Å². The van der Waals surface area contributed by atoms with Crippen molar-refractivity contribution in [1.29, 1.82) is 0 Å². The summed E-state index contributed by atoms with van der Waals surface area (Å²) in [4.78, 5) is 22.2. The minimum absolute atomic E-state index is 0.169. The lowest BCUT2D eigenvalue weighted by molar-refractivity contribution is -0.142. The van der Waals surface area contributed by atoms with Crippen LogP contribution in [-0.2, 0) is 14.3 Å². The highest BCUT2D eigenvalue weighted by atomic mass is 32.1.